The molecule has 5 atom stereocenters. The number of alkyl halides is 2. The summed E-state index contributed by atoms with van der Waals surface area (Å²) in [6.07, 6.45) is 4.77. The van der Waals surface area contributed by atoms with Gasteiger partial charge in [0.05, 0.1) is 52.0 Å². The Morgan fingerprint density at radius 3 is 2.00 bits per heavy atom. The molecule has 2 aliphatic rings. The molecule has 1 heterocycles. The van der Waals surface area contributed by atoms with Crippen LogP contribution in [0.15, 0.2) is 10.2 Å². The molecule has 2 saturated carbocycles. The third kappa shape index (κ3) is 12.9. The van der Waals surface area contributed by atoms with Crippen molar-refractivity contribution in [2.75, 3.05) is 11.5 Å². The maximum Gasteiger partial charge on any atom is 0.306 e. The van der Waals surface area contributed by atoms with E-state index in [1.807, 2.05) is 20.8 Å². The van der Waals surface area contributed by atoms with E-state index in [4.69, 9.17) is 37.4 Å². The molecular formula is C32H50Cl2N6O9S2. The van der Waals surface area contributed by atoms with Crippen LogP contribution in [0.5, 0.6) is 0 Å². The quantitative estimate of drug-likeness (QED) is 0.0675. The predicted molar refractivity (Wildman–Crippen MR) is 192 cm³/mol. The van der Waals surface area contributed by atoms with Crippen molar-refractivity contribution in [1.29, 1.82) is 5.26 Å². The molecule has 0 aliphatic heterocycles. The molecule has 15 nitrogen and oxygen atoms in total. The highest BCUT2D eigenvalue weighted by Gasteiger charge is 2.43. The summed E-state index contributed by atoms with van der Waals surface area (Å²) in [5.74, 6) is -2.46. The summed E-state index contributed by atoms with van der Waals surface area (Å²) in [5.41, 5.74) is 0.0794. The van der Waals surface area contributed by atoms with Gasteiger partial charge < -0.3 is 10.4 Å². The van der Waals surface area contributed by atoms with Gasteiger partial charge in [-0.2, -0.15) is 32.3 Å². The number of carboxylic acids is 1. The number of carbonyl (C=O) groups excluding carboxylic acids is 1. The van der Waals surface area contributed by atoms with Gasteiger partial charge in [-0.3, -0.25) is 18.7 Å². The number of rotatable bonds is 16. The standard InChI is InChI=1S/C32H50Cl2N6O9S2/c1-19(41)36-27-17-21(20(9-5-7-13-50(44,45)46)10-6-8-14-51(47,48)49)11-12-26(27)37-38-30-23(18-35)29(32(2,3)4)39-40(30)28-24(33)15-22(31(42)43)16-25(28)34/h20-22,24-28H,5-17H2,1-4H3,(H,36,41)(H,42,43)(H,44,45,46)(H,47,48,49). The van der Waals surface area contributed by atoms with E-state index in [0.29, 0.717) is 50.6 Å². The average molecular weight is 798 g/mol. The van der Waals surface area contributed by atoms with E-state index < -0.39 is 66.4 Å². The second-order valence-electron chi connectivity index (χ2n) is 14.9. The molecule has 4 N–H and O–H groups in total. The molecule has 2 aliphatic carbocycles. The molecular weight excluding hydrogens is 747 g/mol. The Bertz CT molecular complexity index is 1620. The number of azo groups is 1. The maximum atomic E-state index is 12.4. The van der Waals surface area contributed by atoms with Crippen molar-refractivity contribution in [1.82, 2.24) is 15.1 Å². The SMILES string of the molecule is CC(=O)NC1CC(C(CCCCS(=O)(=O)O)CCCCS(=O)(=O)O)CCC1N=Nc1c(C#N)c(C(C)(C)C)nn1C1C(Cl)CC(C(=O)O)CC1Cl. The van der Waals surface area contributed by atoms with E-state index in [9.17, 15) is 36.8 Å². The minimum Gasteiger partial charge on any atom is -0.481 e. The van der Waals surface area contributed by atoms with Gasteiger partial charge >= 0.3 is 5.97 Å². The number of carboxylic acid groups (broad SMARTS) is 1. The third-order valence-electron chi connectivity index (χ3n) is 9.76. The van der Waals surface area contributed by atoms with Crippen LogP contribution in [-0.4, -0.2) is 87.0 Å². The average Bonchev–Trinajstić information content (AvgIpc) is 3.36. The van der Waals surface area contributed by atoms with E-state index in [1.165, 1.54) is 11.6 Å². The van der Waals surface area contributed by atoms with Crippen LogP contribution in [0.3, 0.4) is 0 Å². The summed E-state index contributed by atoms with van der Waals surface area (Å²) < 4.78 is 64.8. The summed E-state index contributed by atoms with van der Waals surface area (Å²) in [6, 6.07) is 0.606. The minimum atomic E-state index is -4.11. The van der Waals surface area contributed by atoms with Crippen LogP contribution in [0, 0.1) is 29.1 Å². The summed E-state index contributed by atoms with van der Waals surface area (Å²) in [5, 5.41) is 35.5. The molecule has 1 aromatic heterocycles. The molecule has 0 spiro atoms. The number of carbonyl (C=O) groups is 2. The Labute approximate surface area is 310 Å². The Morgan fingerprint density at radius 2 is 1.55 bits per heavy atom. The molecule has 1 aromatic rings. The van der Waals surface area contributed by atoms with Gasteiger partial charge in [0.25, 0.3) is 20.2 Å². The van der Waals surface area contributed by atoms with Gasteiger partial charge in [-0.05, 0) is 56.8 Å². The molecule has 2 fully saturated rings. The lowest BCUT2D eigenvalue weighted by atomic mass is 9.72. The predicted octanol–water partition coefficient (Wildman–Crippen LogP) is 5.79. The first-order valence-electron chi connectivity index (χ1n) is 17.2. The number of aromatic nitrogens is 2. The zero-order valence-corrected chi connectivity index (χ0v) is 32.6. The molecule has 5 unspecified atom stereocenters. The van der Waals surface area contributed by atoms with Crippen molar-refractivity contribution in [2.24, 2.45) is 28.0 Å². The van der Waals surface area contributed by atoms with Crippen LogP contribution >= 0.6 is 23.2 Å². The van der Waals surface area contributed by atoms with Crippen molar-refractivity contribution in [3.05, 3.63) is 11.3 Å². The maximum absolute atomic E-state index is 12.4. The van der Waals surface area contributed by atoms with Crippen molar-refractivity contribution in [3.63, 3.8) is 0 Å². The number of hydrogen-bond donors (Lipinski definition) is 4. The smallest absolute Gasteiger partial charge is 0.306 e. The first-order chi connectivity index (χ1) is 23.6. The molecule has 0 bridgehead atoms. The van der Waals surface area contributed by atoms with Crippen LogP contribution in [0.25, 0.3) is 0 Å². The Kier molecular flexibility index (Phi) is 15.3. The van der Waals surface area contributed by atoms with Gasteiger partial charge in [-0.25, -0.2) is 4.68 Å². The van der Waals surface area contributed by atoms with Gasteiger partial charge in [0.2, 0.25) is 5.91 Å². The molecule has 51 heavy (non-hydrogen) atoms. The zero-order chi connectivity index (χ0) is 38.3. The number of halogens is 2. The minimum absolute atomic E-state index is 0.0464. The van der Waals surface area contributed by atoms with Gasteiger partial charge in [-0.1, -0.05) is 46.5 Å². The number of aliphatic carboxylic acids is 1. The normalized spacial score (nSPS) is 26.3. The second-order valence-corrected chi connectivity index (χ2v) is 19.1. The van der Waals surface area contributed by atoms with E-state index in [0.717, 1.165) is 0 Å². The molecule has 1 amide bonds. The van der Waals surface area contributed by atoms with Crippen LogP contribution < -0.4 is 5.32 Å². The van der Waals surface area contributed by atoms with Crippen molar-refractivity contribution >= 4 is 61.1 Å². The monoisotopic (exact) mass is 796 g/mol. The number of hydrogen-bond acceptors (Lipinski definition) is 10. The largest absolute Gasteiger partial charge is 0.481 e. The number of nitriles is 1. The highest BCUT2D eigenvalue weighted by atomic mass is 35.5. The first kappa shape index (κ1) is 43.0. The molecule has 288 valence electrons. The van der Waals surface area contributed by atoms with E-state index in [-0.39, 0.29) is 66.3 Å². The summed E-state index contributed by atoms with van der Waals surface area (Å²) in [7, 11) is -8.21. The van der Waals surface area contributed by atoms with E-state index in [1.54, 1.807) is 0 Å². The van der Waals surface area contributed by atoms with Crippen LogP contribution in [0.4, 0.5) is 5.82 Å². The molecule has 19 heteroatoms. The molecule has 0 aromatic carbocycles. The lowest BCUT2D eigenvalue weighted by Crippen LogP contribution is -2.46. The van der Waals surface area contributed by atoms with Crippen LogP contribution in [0.2, 0.25) is 0 Å². The van der Waals surface area contributed by atoms with Crippen molar-refractivity contribution in [2.45, 2.75) is 133 Å². The van der Waals surface area contributed by atoms with Crippen molar-refractivity contribution < 1.29 is 40.6 Å². The Balaban J connectivity index is 1.92. The molecule has 0 saturated heterocycles. The number of amides is 1. The summed E-state index contributed by atoms with van der Waals surface area (Å²) in [6.45, 7) is 7.09. The molecule has 3 rings (SSSR count). The van der Waals surface area contributed by atoms with Crippen molar-refractivity contribution in [3.8, 4) is 6.07 Å². The van der Waals surface area contributed by atoms with Crippen LogP contribution in [0.1, 0.15) is 116 Å². The number of nitrogens with one attached hydrogen (secondary N) is 1. The zero-order valence-electron chi connectivity index (χ0n) is 29.4. The summed E-state index contributed by atoms with van der Waals surface area (Å²) >= 11 is 13.5. The fourth-order valence-electron chi connectivity index (χ4n) is 7.31. The lowest BCUT2D eigenvalue weighted by Gasteiger charge is -2.38. The highest BCUT2D eigenvalue weighted by Crippen LogP contribution is 2.44. The lowest BCUT2D eigenvalue weighted by molar-refractivity contribution is -0.142. The fraction of sp³-hybridized carbons (Fsp3) is 0.812. The van der Waals surface area contributed by atoms with Gasteiger partial charge in [0.15, 0.2) is 5.82 Å². The topological polar surface area (TPSA) is 241 Å². The van der Waals surface area contributed by atoms with Gasteiger partial charge in [0, 0.05) is 12.3 Å². The van der Waals surface area contributed by atoms with Gasteiger partial charge in [0.1, 0.15) is 11.6 Å². The van der Waals surface area contributed by atoms with Gasteiger partial charge in [-0.15, -0.1) is 28.3 Å². The third-order valence-corrected chi connectivity index (χ3v) is 12.2. The molecule has 0 radical (unpaired) electrons. The fourth-order valence-corrected chi connectivity index (χ4v) is 9.51. The van der Waals surface area contributed by atoms with E-state index in [2.05, 4.69) is 21.6 Å². The summed E-state index contributed by atoms with van der Waals surface area (Å²) in [4.78, 5) is 24.1. The number of nitrogens with zero attached hydrogens (tertiary/aromatic N) is 5. The number of unbranched alkanes of at least 4 members (excludes halogenated alkanes) is 2. The van der Waals surface area contributed by atoms with Crippen LogP contribution in [-0.2, 0) is 35.2 Å². The highest BCUT2D eigenvalue weighted by molar-refractivity contribution is 7.86. The second kappa shape index (κ2) is 18.1. The Morgan fingerprint density at radius 1 is 1.00 bits per heavy atom. The first-order valence-corrected chi connectivity index (χ1v) is 21.3. The Hall–Kier alpha value is -2.36. The van der Waals surface area contributed by atoms with E-state index >= 15 is 0 Å².